The Morgan fingerprint density at radius 3 is 2.38 bits per heavy atom. The Labute approximate surface area is 171 Å². The number of aromatic nitrogens is 1. The molecule has 0 bridgehead atoms. The Morgan fingerprint density at radius 2 is 1.72 bits per heavy atom. The van der Waals surface area contributed by atoms with Crippen LogP contribution >= 0.6 is 0 Å². The third-order valence-corrected chi connectivity index (χ3v) is 5.19. The molecule has 0 saturated carbocycles. The van der Waals surface area contributed by atoms with Gasteiger partial charge in [0, 0.05) is 36.4 Å². The van der Waals surface area contributed by atoms with Crippen LogP contribution in [0.25, 0.3) is 10.9 Å². The molecule has 1 atom stereocenters. The van der Waals surface area contributed by atoms with E-state index >= 15 is 0 Å². The predicted octanol–water partition coefficient (Wildman–Crippen LogP) is 3.10. The summed E-state index contributed by atoms with van der Waals surface area (Å²) in [4.78, 5) is 26.7. The van der Waals surface area contributed by atoms with Crippen LogP contribution in [0.1, 0.15) is 24.1 Å². The van der Waals surface area contributed by atoms with Crippen LogP contribution in [-0.2, 0) is 23.1 Å². The van der Waals surface area contributed by atoms with Gasteiger partial charge in [-0.25, -0.2) is 0 Å². The van der Waals surface area contributed by atoms with Crippen molar-refractivity contribution < 1.29 is 9.59 Å². The van der Waals surface area contributed by atoms with E-state index in [4.69, 9.17) is 0 Å². The summed E-state index contributed by atoms with van der Waals surface area (Å²) in [5.41, 5.74) is 4.04. The number of fused-ring (bicyclic) bond motifs is 1. The van der Waals surface area contributed by atoms with Crippen LogP contribution in [0.4, 0.5) is 5.69 Å². The molecular weight excluding hydrogens is 364 g/mol. The second-order valence-corrected chi connectivity index (χ2v) is 7.41. The lowest BCUT2D eigenvalue weighted by molar-refractivity contribution is -0.136. The summed E-state index contributed by atoms with van der Waals surface area (Å²) in [6, 6.07) is 15.6. The van der Waals surface area contributed by atoms with Gasteiger partial charge in [0.05, 0.1) is 6.04 Å². The molecule has 29 heavy (non-hydrogen) atoms. The van der Waals surface area contributed by atoms with E-state index in [0.29, 0.717) is 12.2 Å². The Bertz CT molecular complexity index is 1010. The van der Waals surface area contributed by atoms with Crippen molar-refractivity contribution in [2.45, 2.75) is 19.4 Å². The fourth-order valence-corrected chi connectivity index (χ4v) is 3.49. The Morgan fingerprint density at radius 1 is 1.03 bits per heavy atom. The maximum absolute atomic E-state index is 12.4. The van der Waals surface area contributed by atoms with Crippen LogP contribution < -0.4 is 10.6 Å². The number of aryl methyl sites for hydroxylation is 2. The predicted molar refractivity (Wildman–Crippen MR) is 117 cm³/mol. The van der Waals surface area contributed by atoms with Crippen LogP contribution in [0.3, 0.4) is 0 Å². The molecule has 0 spiro atoms. The number of anilines is 1. The van der Waals surface area contributed by atoms with Gasteiger partial charge >= 0.3 is 11.8 Å². The molecule has 0 saturated heterocycles. The zero-order chi connectivity index (χ0) is 21.0. The first-order valence-corrected chi connectivity index (χ1v) is 9.79. The first-order chi connectivity index (χ1) is 13.9. The molecule has 1 unspecified atom stereocenters. The molecule has 0 aliphatic heterocycles. The molecule has 152 valence electrons. The third kappa shape index (κ3) is 4.66. The average Bonchev–Trinajstić information content (AvgIpc) is 3.05. The Hall–Kier alpha value is -3.12. The normalized spacial score (nSPS) is 12.2. The molecule has 2 amide bonds. The number of nitrogens with zero attached hydrogens (tertiary/aromatic N) is 2. The molecular formula is C23H28N4O2. The summed E-state index contributed by atoms with van der Waals surface area (Å²) in [7, 11) is 5.94. The highest BCUT2D eigenvalue weighted by molar-refractivity contribution is 6.39. The molecule has 1 heterocycles. The maximum Gasteiger partial charge on any atom is 0.313 e. The van der Waals surface area contributed by atoms with Gasteiger partial charge in [-0.3, -0.25) is 9.59 Å². The SMILES string of the molecule is CCc1ccc(NC(=O)C(=O)NCC(c2cn(C)c3ccccc23)N(C)C)cc1. The van der Waals surface area contributed by atoms with E-state index in [-0.39, 0.29) is 6.04 Å². The van der Waals surface area contributed by atoms with Crippen molar-refractivity contribution in [2.75, 3.05) is 26.0 Å². The highest BCUT2D eigenvalue weighted by atomic mass is 16.2. The van der Waals surface area contributed by atoms with Gasteiger partial charge in [-0.15, -0.1) is 0 Å². The topological polar surface area (TPSA) is 66.4 Å². The number of benzene rings is 2. The quantitative estimate of drug-likeness (QED) is 0.634. The van der Waals surface area contributed by atoms with E-state index in [9.17, 15) is 9.59 Å². The van der Waals surface area contributed by atoms with Crippen LogP contribution in [0.2, 0.25) is 0 Å². The number of para-hydroxylation sites is 1. The minimum absolute atomic E-state index is 0.0540. The molecule has 0 aliphatic carbocycles. The van der Waals surface area contributed by atoms with Crippen LogP contribution in [-0.4, -0.2) is 41.9 Å². The number of amides is 2. The summed E-state index contributed by atoms with van der Waals surface area (Å²) in [5.74, 6) is -1.30. The molecule has 6 heteroatoms. The average molecular weight is 393 g/mol. The van der Waals surface area contributed by atoms with Crippen molar-refractivity contribution in [1.29, 1.82) is 0 Å². The smallest absolute Gasteiger partial charge is 0.313 e. The summed E-state index contributed by atoms with van der Waals surface area (Å²) in [5, 5.41) is 6.57. The number of nitrogens with one attached hydrogen (secondary N) is 2. The fourth-order valence-electron chi connectivity index (χ4n) is 3.49. The minimum Gasteiger partial charge on any atom is -0.350 e. The first-order valence-electron chi connectivity index (χ1n) is 9.79. The largest absolute Gasteiger partial charge is 0.350 e. The zero-order valence-electron chi connectivity index (χ0n) is 17.4. The fraction of sp³-hybridized carbons (Fsp3) is 0.304. The number of likely N-dealkylation sites (N-methyl/N-ethyl adjacent to an activating group) is 1. The van der Waals surface area contributed by atoms with Gasteiger partial charge in [0.1, 0.15) is 0 Å². The lowest BCUT2D eigenvalue weighted by Crippen LogP contribution is -2.40. The van der Waals surface area contributed by atoms with E-state index in [2.05, 4.69) is 40.5 Å². The van der Waals surface area contributed by atoms with E-state index in [1.165, 1.54) is 5.56 Å². The highest BCUT2D eigenvalue weighted by Gasteiger charge is 2.22. The van der Waals surface area contributed by atoms with Crippen LogP contribution in [0.5, 0.6) is 0 Å². The lowest BCUT2D eigenvalue weighted by atomic mass is 10.0. The van der Waals surface area contributed by atoms with Gasteiger partial charge < -0.3 is 20.1 Å². The monoisotopic (exact) mass is 392 g/mol. The van der Waals surface area contributed by atoms with Crippen molar-refractivity contribution in [1.82, 2.24) is 14.8 Å². The maximum atomic E-state index is 12.4. The van der Waals surface area contributed by atoms with Crippen molar-refractivity contribution in [3.05, 3.63) is 65.9 Å². The molecule has 0 radical (unpaired) electrons. The number of carbonyl (C=O) groups is 2. The summed E-state index contributed by atoms with van der Waals surface area (Å²) in [6.45, 7) is 2.40. The van der Waals surface area contributed by atoms with Crippen molar-refractivity contribution in [3.63, 3.8) is 0 Å². The number of carbonyl (C=O) groups excluding carboxylic acids is 2. The summed E-state index contributed by atoms with van der Waals surface area (Å²) >= 11 is 0. The highest BCUT2D eigenvalue weighted by Crippen LogP contribution is 2.28. The van der Waals surface area contributed by atoms with E-state index in [0.717, 1.165) is 22.9 Å². The minimum atomic E-state index is -0.662. The number of hydrogen-bond acceptors (Lipinski definition) is 3. The molecule has 0 fully saturated rings. The molecule has 3 rings (SSSR count). The molecule has 2 aromatic carbocycles. The van der Waals surface area contributed by atoms with Gasteiger partial charge in [-0.05, 0) is 49.8 Å². The summed E-state index contributed by atoms with van der Waals surface area (Å²) in [6.07, 6.45) is 3.01. The standard InChI is InChI=1S/C23H28N4O2/c1-5-16-10-12-17(13-11-16)25-23(29)22(28)24-14-21(26(2)3)19-15-27(4)20-9-7-6-8-18(19)20/h6-13,15,21H,5,14H2,1-4H3,(H,24,28)(H,25,29). The molecule has 1 aromatic heterocycles. The molecule has 6 nitrogen and oxygen atoms in total. The second-order valence-electron chi connectivity index (χ2n) is 7.41. The van der Waals surface area contributed by atoms with E-state index in [1.807, 2.05) is 62.4 Å². The first kappa shape index (κ1) is 20.6. The lowest BCUT2D eigenvalue weighted by Gasteiger charge is -2.24. The van der Waals surface area contributed by atoms with Gasteiger partial charge in [0.15, 0.2) is 0 Å². The van der Waals surface area contributed by atoms with Gasteiger partial charge in [-0.1, -0.05) is 37.3 Å². The Kier molecular flexibility index (Phi) is 6.34. The van der Waals surface area contributed by atoms with Gasteiger partial charge in [-0.2, -0.15) is 0 Å². The van der Waals surface area contributed by atoms with E-state index in [1.54, 1.807) is 0 Å². The number of hydrogen-bond donors (Lipinski definition) is 2. The van der Waals surface area contributed by atoms with Crippen LogP contribution in [0.15, 0.2) is 54.7 Å². The molecule has 0 aliphatic rings. The summed E-state index contributed by atoms with van der Waals surface area (Å²) < 4.78 is 2.08. The van der Waals surface area contributed by atoms with Gasteiger partial charge in [0.25, 0.3) is 0 Å². The Balaban J connectivity index is 1.68. The van der Waals surface area contributed by atoms with E-state index < -0.39 is 11.8 Å². The van der Waals surface area contributed by atoms with Crippen molar-refractivity contribution in [2.24, 2.45) is 7.05 Å². The molecule has 2 N–H and O–H groups in total. The number of rotatable bonds is 6. The van der Waals surface area contributed by atoms with Gasteiger partial charge in [0.2, 0.25) is 0 Å². The zero-order valence-corrected chi connectivity index (χ0v) is 17.4. The molecule has 3 aromatic rings. The van der Waals surface area contributed by atoms with Crippen molar-refractivity contribution in [3.8, 4) is 0 Å². The van der Waals surface area contributed by atoms with Crippen LogP contribution in [0, 0.1) is 0 Å². The van der Waals surface area contributed by atoms with Crippen molar-refractivity contribution >= 4 is 28.4 Å². The third-order valence-electron chi connectivity index (χ3n) is 5.19. The second kappa shape index (κ2) is 8.92.